The van der Waals surface area contributed by atoms with Crippen molar-refractivity contribution in [1.82, 2.24) is 10.2 Å². The van der Waals surface area contributed by atoms with Crippen LogP contribution < -0.4 is 5.32 Å². The van der Waals surface area contributed by atoms with Gasteiger partial charge in [0, 0.05) is 13.1 Å². The Labute approximate surface area is 113 Å². The first kappa shape index (κ1) is 15.4. The lowest BCUT2D eigenvalue weighted by molar-refractivity contribution is -0.139. The summed E-state index contributed by atoms with van der Waals surface area (Å²) in [7, 11) is 0. The van der Waals surface area contributed by atoms with Crippen LogP contribution in [0.1, 0.15) is 26.7 Å². The van der Waals surface area contributed by atoms with Crippen LogP contribution in [-0.4, -0.2) is 49.1 Å². The van der Waals surface area contributed by atoms with Crippen molar-refractivity contribution in [3.63, 3.8) is 0 Å². The van der Waals surface area contributed by atoms with E-state index in [0.717, 1.165) is 6.42 Å². The van der Waals surface area contributed by atoms with Gasteiger partial charge in [0.05, 0.1) is 19.3 Å². The van der Waals surface area contributed by atoms with Gasteiger partial charge in [0.1, 0.15) is 12.0 Å². The lowest BCUT2D eigenvalue weighted by Gasteiger charge is -2.29. The number of amides is 2. The predicted octanol–water partition coefficient (Wildman–Crippen LogP) is 0.290. The second-order valence-electron chi connectivity index (χ2n) is 4.64. The zero-order valence-corrected chi connectivity index (χ0v) is 11.5. The maximum atomic E-state index is 12.1. The Hall–Kier alpha value is -1.61. The SMILES string of the molecule is CCCC(C#N)C(=O)NC(C)C(=O)N1CCOCC1. The molecule has 0 aromatic heterocycles. The van der Waals surface area contributed by atoms with Crippen LogP contribution in [0.3, 0.4) is 0 Å². The topological polar surface area (TPSA) is 82.4 Å². The van der Waals surface area contributed by atoms with Gasteiger partial charge in [0.15, 0.2) is 0 Å². The number of nitrogens with zero attached hydrogens (tertiary/aromatic N) is 2. The standard InChI is InChI=1S/C13H21N3O3/c1-3-4-11(9-14)12(17)15-10(2)13(18)16-5-7-19-8-6-16/h10-11H,3-8H2,1-2H3,(H,15,17). The third-order valence-electron chi connectivity index (χ3n) is 3.10. The largest absolute Gasteiger partial charge is 0.378 e. The van der Waals surface area contributed by atoms with Crippen LogP contribution in [0.5, 0.6) is 0 Å². The molecule has 0 aromatic carbocycles. The third-order valence-corrected chi connectivity index (χ3v) is 3.10. The smallest absolute Gasteiger partial charge is 0.245 e. The van der Waals surface area contributed by atoms with E-state index in [1.807, 2.05) is 13.0 Å². The molecule has 2 amide bonds. The summed E-state index contributed by atoms with van der Waals surface area (Å²) in [6, 6.07) is 1.37. The molecule has 0 spiro atoms. The van der Waals surface area contributed by atoms with Gasteiger partial charge in [0.25, 0.3) is 0 Å². The molecule has 1 rings (SSSR count). The summed E-state index contributed by atoms with van der Waals surface area (Å²) in [6.07, 6.45) is 1.28. The molecule has 2 atom stereocenters. The molecule has 1 aliphatic rings. The Bertz CT molecular complexity index is 359. The minimum Gasteiger partial charge on any atom is -0.378 e. The first-order valence-electron chi connectivity index (χ1n) is 6.66. The Kier molecular flexibility index (Phi) is 6.30. The van der Waals surface area contributed by atoms with Gasteiger partial charge in [-0.2, -0.15) is 5.26 Å². The van der Waals surface area contributed by atoms with Gasteiger partial charge in [-0.3, -0.25) is 9.59 Å². The van der Waals surface area contributed by atoms with Gasteiger partial charge in [0.2, 0.25) is 11.8 Å². The molecule has 1 fully saturated rings. The minimum atomic E-state index is -0.676. The van der Waals surface area contributed by atoms with Crippen LogP contribution in [0.15, 0.2) is 0 Å². The summed E-state index contributed by atoms with van der Waals surface area (Å²) in [5, 5.41) is 11.5. The zero-order valence-electron chi connectivity index (χ0n) is 11.5. The molecule has 1 aliphatic heterocycles. The fourth-order valence-electron chi connectivity index (χ4n) is 1.98. The summed E-state index contributed by atoms with van der Waals surface area (Å²) in [5.41, 5.74) is 0. The minimum absolute atomic E-state index is 0.121. The number of rotatable bonds is 5. The molecule has 0 aliphatic carbocycles. The average molecular weight is 267 g/mol. The fraction of sp³-hybridized carbons (Fsp3) is 0.769. The maximum Gasteiger partial charge on any atom is 0.245 e. The van der Waals surface area contributed by atoms with Crippen LogP contribution in [0.2, 0.25) is 0 Å². The molecule has 0 saturated carbocycles. The van der Waals surface area contributed by atoms with E-state index in [0.29, 0.717) is 32.7 Å². The molecule has 19 heavy (non-hydrogen) atoms. The first-order valence-corrected chi connectivity index (χ1v) is 6.66. The van der Waals surface area contributed by atoms with E-state index in [4.69, 9.17) is 10.00 Å². The molecule has 0 radical (unpaired) electrons. The van der Waals surface area contributed by atoms with E-state index in [-0.39, 0.29) is 11.8 Å². The monoisotopic (exact) mass is 267 g/mol. The van der Waals surface area contributed by atoms with Gasteiger partial charge in [-0.05, 0) is 13.3 Å². The van der Waals surface area contributed by atoms with E-state index in [1.165, 1.54) is 0 Å². The number of nitriles is 1. The van der Waals surface area contributed by atoms with Gasteiger partial charge in [-0.25, -0.2) is 0 Å². The van der Waals surface area contributed by atoms with Crippen molar-refractivity contribution in [3.8, 4) is 6.07 Å². The van der Waals surface area contributed by atoms with Crippen molar-refractivity contribution in [2.24, 2.45) is 5.92 Å². The molecule has 0 bridgehead atoms. The summed E-state index contributed by atoms with van der Waals surface area (Å²) in [6.45, 7) is 5.73. The third kappa shape index (κ3) is 4.52. The van der Waals surface area contributed by atoms with E-state index in [1.54, 1.807) is 11.8 Å². The average Bonchev–Trinajstić information content (AvgIpc) is 2.44. The number of carbonyl (C=O) groups is 2. The maximum absolute atomic E-state index is 12.1. The van der Waals surface area contributed by atoms with Crippen LogP contribution in [0.4, 0.5) is 0 Å². The number of carbonyl (C=O) groups excluding carboxylic acids is 2. The van der Waals surface area contributed by atoms with Crippen LogP contribution in [0.25, 0.3) is 0 Å². The highest BCUT2D eigenvalue weighted by Crippen LogP contribution is 2.06. The normalized spacial score (nSPS) is 18.3. The Morgan fingerprint density at radius 1 is 1.42 bits per heavy atom. The van der Waals surface area contributed by atoms with E-state index >= 15 is 0 Å². The first-order chi connectivity index (χ1) is 9.10. The summed E-state index contributed by atoms with van der Waals surface area (Å²) in [5.74, 6) is -1.16. The Balaban J connectivity index is 2.48. The molecular formula is C13H21N3O3. The quantitative estimate of drug-likeness (QED) is 0.776. The molecular weight excluding hydrogens is 246 g/mol. The van der Waals surface area contributed by atoms with Crippen LogP contribution in [0, 0.1) is 17.2 Å². The van der Waals surface area contributed by atoms with Gasteiger partial charge < -0.3 is 15.0 Å². The molecule has 6 heteroatoms. The van der Waals surface area contributed by atoms with E-state index in [9.17, 15) is 9.59 Å². The fourth-order valence-corrected chi connectivity index (χ4v) is 1.98. The van der Waals surface area contributed by atoms with E-state index in [2.05, 4.69) is 5.32 Å². The Morgan fingerprint density at radius 3 is 2.58 bits per heavy atom. The second kappa shape index (κ2) is 7.74. The lowest BCUT2D eigenvalue weighted by atomic mass is 10.0. The molecule has 1 N–H and O–H groups in total. The summed E-state index contributed by atoms with van der Waals surface area (Å²) >= 11 is 0. The number of ether oxygens (including phenoxy) is 1. The molecule has 106 valence electrons. The van der Waals surface area contributed by atoms with Crippen molar-refractivity contribution >= 4 is 11.8 Å². The highest BCUT2D eigenvalue weighted by Gasteiger charge is 2.26. The second-order valence-corrected chi connectivity index (χ2v) is 4.64. The van der Waals surface area contributed by atoms with Crippen molar-refractivity contribution in [2.45, 2.75) is 32.7 Å². The highest BCUT2D eigenvalue weighted by atomic mass is 16.5. The van der Waals surface area contributed by atoms with Crippen molar-refractivity contribution in [3.05, 3.63) is 0 Å². The molecule has 6 nitrogen and oxygen atoms in total. The summed E-state index contributed by atoms with van der Waals surface area (Å²) < 4.78 is 5.17. The van der Waals surface area contributed by atoms with Crippen molar-refractivity contribution in [1.29, 1.82) is 5.26 Å². The van der Waals surface area contributed by atoms with Crippen molar-refractivity contribution in [2.75, 3.05) is 26.3 Å². The van der Waals surface area contributed by atoms with Crippen molar-refractivity contribution < 1.29 is 14.3 Å². The Morgan fingerprint density at radius 2 is 2.05 bits per heavy atom. The zero-order chi connectivity index (χ0) is 14.3. The number of morpholine rings is 1. The molecule has 2 unspecified atom stereocenters. The molecule has 1 saturated heterocycles. The van der Waals surface area contributed by atoms with Crippen LogP contribution in [-0.2, 0) is 14.3 Å². The predicted molar refractivity (Wildman–Crippen MR) is 69.0 cm³/mol. The van der Waals surface area contributed by atoms with Gasteiger partial charge in [-0.15, -0.1) is 0 Å². The highest BCUT2D eigenvalue weighted by molar-refractivity contribution is 5.89. The lowest BCUT2D eigenvalue weighted by Crippen LogP contribution is -2.51. The van der Waals surface area contributed by atoms with Crippen LogP contribution >= 0.6 is 0 Å². The van der Waals surface area contributed by atoms with Gasteiger partial charge >= 0.3 is 0 Å². The molecule has 1 heterocycles. The van der Waals surface area contributed by atoms with E-state index < -0.39 is 12.0 Å². The number of hydrogen-bond acceptors (Lipinski definition) is 4. The van der Waals surface area contributed by atoms with Gasteiger partial charge in [-0.1, -0.05) is 13.3 Å². The summed E-state index contributed by atoms with van der Waals surface area (Å²) in [4.78, 5) is 25.6. The number of hydrogen-bond donors (Lipinski definition) is 1. The molecule has 0 aromatic rings. The number of nitrogens with one attached hydrogen (secondary N) is 1.